The number of esters is 2. The average Bonchev–Trinajstić information content (AvgIpc) is 3.05. The van der Waals surface area contributed by atoms with E-state index in [0.29, 0.717) is 5.06 Å². The lowest BCUT2D eigenvalue weighted by Crippen LogP contribution is -2.35. The van der Waals surface area contributed by atoms with Gasteiger partial charge in [-0.1, -0.05) is 30.3 Å². The van der Waals surface area contributed by atoms with E-state index in [9.17, 15) is 24.1 Å². The van der Waals surface area contributed by atoms with Gasteiger partial charge in [-0.15, -0.1) is 0 Å². The molecule has 0 aromatic heterocycles. The highest BCUT2D eigenvalue weighted by Gasteiger charge is 2.52. The molecule has 2 rings (SSSR count). The maximum Gasteiger partial charge on any atom is 0.349 e. The Balaban J connectivity index is 2.12. The summed E-state index contributed by atoms with van der Waals surface area (Å²) in [6.45, 7) is 8.16. The Hall–Kier alpha value is -2.30. The molecule has 0 saturated carbocycles. The number of aliphatic hydroxyl groups excluding tert-OH is 1. The number of carbonyl (C=O) groups is 3. The normalized spacial score (nSPS) is 19.1. The van der Waals surface area contributed by atoms with Gasteiger partial charge >= 0.3 is 19.5 Å². The summed E-state index contributed by atoms with van der Waals surface area (Å²) >= 11 is 0. The van der Waals surface area contributed by atoms with Crippen molar-refractivity contribution in [2.45, 2.75) is 66.5 Å². The Kier molecular flexibility index (Phi) is 9.61. The molecule has 1 heterocycles. The monoisotopic (exact) mass is 515 g/mol. The molecule has 1 aromatic rings. The molecule has 196 valence electrons. The van der Waals surface area contributed by atoms with Crippen LogP contribution in [-0.2, 0) is 48.9 Å². The maximum absolute atomic E-state index is 13.6. The number of hydrogen-bond donors (Lipinski definition) is 1. The van der Waals surface area contributed by atoms with Crippen LogP contribution in [0, 0.1) is 10.8 Å². The fourth-order valence-corrected chi connectivity index (χ4v) is 4.44. The number of benzene rings is 1. The van der Waals surface area contributed by atoms with Crippen LogP contribution in [0.15, 0.2) is 30.3 Å². The molecule has 1 aromatic carbocycles. The first-order valence-electron chi connectivity index (χ1n) is 11.1. The minimum Gasteiger partial charge on any atom is -0.438 e. The molecule has 12 heteroatoms. The lowest BCUT2D eigenvalue weighted by Gasteiger charge is -2.24. The van der Waals surface area contributed by atoms with Gasteiger partial charge in [-0.2, -0.15) is 5.06 Å². The summed E-state index contributed by atoms with van der Waals surface area (Å²) < 4.78 is 34.1. The molecule has 1 amide bonds. The van der Waals surface area contributed by atoms with E-state index >= 15 is 0 Å². The van der Waals surface area contributed by atoms with Crippen LogP contribution in [0.5, 0.6) is 0 Å². The third-order valence-corrected chi connectivity index (χ3v) is 7.00. The highest BCUT2D eigenvalue weighted by Crippen LogP contribution is 2.57. The zero-order valence-electron chi connectivity index (χ0n) is 20.9. The molecule has 11 nitrogen and oxygen atoms in total. The summed E-state index contributed by atoms with van der Waals surface area (Å²) in [5.41, 5.74) is -2.43. The van der Waals surface area contributed by atoms with Crippen molar-refractivity contribution in [2.75, 3.05) is 13.6 Å². The van der Waals surface area contributed by atoms with Crippen LogP contribution in [0.3, 0.4) is 0 Å². The summed E-state index contributed by atoms with van der Waals surface area (Å²) in [5, 5.41) is 11.1. The smallest absolute Gasteiger partial charge is 0.349 e. The van der Waals surface area contributed by atoms with Gasteiger partial charge in [0, 0.05) is 6.42 Å². The quantitative estimate of drug-likeness (QED) is 0.280. The topological polar surface area (TPSA) is 138 Å². The highest BCUT2D eigenvalue weighted by atomic mass is 31.2. The molecule has 1 aliphatic heterocycles. The minimum atomic E-state index is -4.40. The zero-order chi connectivity index (χ0) is 26.4. The summed E-state index contributed by atoms with van der Waals surface area (Å²) in [5.74, 6) is -2.11. The Morgan fingerprint density at radius 3 is 1.91 bits per heavy atom. The molecule has 1 aliphatic rings. The largest absolute Gasteiger partial charge is 0.438 e. The van der Waals surface area contributed by atoms with Gasteiger partial charge in [-0.05, 0) is 47.1 Å². The van der Waals surface area contributed by atoms with Crippen molar-refractivity contribution in [3.05, 3.63) is 35.9 Å². The third-order valence-electron chi connectivity index (χ3n) is 4.87. The van der Waals surface area contributed by atoms with Gasteiger partial charge in [0.1, 0.15) is 12.3 Å². The van der Waals surface area contributed by atoms with E-state index < -0.39 is 61.7 Å². The first-order chi connectivity index (χ1) is 16.1. The molecule has 0 aliphatic carbocycles. The molecule has 0 bridgehead atoms. The predicted molar refractivity (Wildman–Crippen MR) is 123 cm³/mol. The summed E-state index contributed by atoms with van der Waals surface area (Å²) in [7, 11) is -4.40. The second kappa shape index (κ2) is 11.6. The van der Waals surface area contributed by atoms with Crippen molar-refractivity contribution in [1.82, 2.24) is 5.06 Å². The van der Waals surface area contributed by atoms with Gasteiger partial charge in [0.15, 0.2) is 6.23 Å². The highest BCUT2D eigenvalue weighted by molar-refractivity contribution is 7.55. The van der Waals surface area contributed by atoms with Crippen LogP contribution >= 0.6 is 7.60 Å². The Labute approximate surface area is 205 Å². The number of rotatable bonds is 10. The van der Waals surface area contributed by atoms with Crippen LogP contribution < -0.4 is 0 Å². The summed E-state index contributed by atoms with van der Waals surface area (Å²) in [6.07, 6.45) is -1.77. The minimum absolute atomic E-state index is 0.0191. The number of hydroxylamine groups is 2. The van der Waals surface area contributed by atoms with Gasteiger partial charge in [-0.3, -0.25) is 32.8 Å². The maximum atomic E-state index is 13.6. The molecule has 35 heavy (non-hydrogen) atoms. The van der Waals surface area contributed by atoms with E-state index in [-0.39, 0.29) is 13.0 Å². The van der Waals surface area contributed by atoms with Crippen molar-refractivity contribution >= 4 is 25.4 Å². The summed E-state index contributed by atoms with van der Waals surface area (Å²) in [6, 6.07) is 8.94. The Bertz CT molecular complexity index is 902. The fourth-order valence-electron chi connectivity index (χ4n) is 2.78. The number of ether oxygens (including phenoxy) is 2. The van der Waals surface area contributed by atoms with Crippen LogP contribution in [0.1, 0.15) is 53.5 Å². The van der Waals surface area contributed by atoms with Crippen LogP contribution in [-0.4, -0.2) is 53.5 Å². The zero-order valence-corrected chi connectivity index (χ0v) is 21.8. The SMILES string of the molecule is CC(C)(C)C(=O)OCOP(=O)(OCOC(=O)C(C)(C)C)C1CC(O)N(OCc2ccccc2)C1=O. The molecule has 0 spiro atoms. The number of aliphatic hydroxyl groups is 1. The molecule has 1 saturated heterocycles. The second-order valence-electron chi connectivity index (χ2n) is 10.1. The van der Waals surface area contributed by atoms with Crippen molar-refractivity contribution in [3.63, 3.8) is 0 Å². The van der Waals surface area contributed by atoms with Gasteiger partial charge in [-0.25, -0.2) is 0 Å². The van der Waals surface area contributed by atoms with Crippen LogP contribution in [0.4, 0.5) is 0 Å². The van der Waals surface area contributed by atoms with Gasteiger partial charge in [0.2, 0.25) is 13.6 Å². The number of amides is 1. The lowest BCUT2D eigenvalue weighted by molar-refractivity contribution is -0.225. The van der Waals surface area contributed by atoms with E-state index in [1.165, 1.54) is 0 Å². The molecule has 2 atom stereocenters. The van der Waals surface area contributed by atoms with Gasteiger partial charge in [0.05, 0.1) is 10.8 Å². The summed E-state index contributed by atoms with van der Waals surface area (Å²) in [4.78, 5) is 42.5. The van der Waals surface area contributed by atoms with Crippen molar-refractivity contribution in [1.29, 1.82) is 0 Å². The van der Waals surface area contributed by atoms with Crippen molar-refractivity contribution < 1.29 is 47.4 Å². The van der Waals surface area contributed by atoms with Crippen LogP contribution in [0.2, 0.25) is 0 Å². The Morgan fingerprint density at radius 2 is 1.46 bits per heavy atom. The molecule has 1 N–H and O–H groups in total. The fraction of sp³-hybridized carbons (Fsp3) is 0.609. The van der Waals surface area contributed by atoms with Crippen molar-refractivity contribution in [2.24, 2.45) is 10.8 Å². The van der Waals surface area contributed by atoms with Crippen LogP contribution in [0.25, 0.3) is 0 Å². The Morgan fingerprint density at radius 1 is 0.971 bits per heavy atom. The van der Waals surface area contributed by atoms with Crippen molar-refractivity contribution in [3.8, 4) is 0 Å². The van der Waals surface area contributed by atoms with Gasteiger partial charge < -0.3 is 14.6 Å². The first kappa shape index (κ1) is 28.9. The average molecular weight is 515 g/mol. The lowest BCUT2D eigenvalue weighted by atomic mass is 9.98. The van der Waals surface area contributed by atoms with E-state index in [2.05, 4.69) is 0 Å². The van der Waals surface area contributed by atoms with E-state index in [1.54, 1.807) is 65.8 Å². The molecule has 0 radical (unpaired) electrons. The number of carbonyl (C=O) groups excluding carboxylic acids is 3. The molecular formula is C23H34NO10P. The van der Waals surface area contributed by atoms with E-state index in [4.69, 9.17) is 23.4 Å². The molecule has 1 fully saturated rings. The number of hydrogen-bond acceptors (Lipinski definition) is 10. The van der Waals surface area contributed by atoms with Gasteiger partial charge in [0.25, 0.3) is 5.91 Å². The second-order valence-corrected chi connectivity index (χ2v) is 12.3. The molecule has 2 unspecified atom stereocenters. The predicted octanol–water partition coefficient (Wildman–Crippen LogP) is 3.36. The third kappa shape index (κ3) is 8.12. The molecular weight excluding hydrogens is 481 g/mol. The van der Waals surface area contributed by atoms with E-state index in [0.717, 1.165) is 5.56 Å². The first-order valence-corrected chi connectivity index (χ1v) is 12.7. The van der Waals surface area contributed by atoms with E-state index in [1.807, 2.05) is 6.07 Å². The standard InChI is InChI=1S/C23H34NO10P/c1-22(2,3)20(27)30-14-33-35(29,34-15-31-21(28)23(4,5)6)17-12-18(25)24(19(17)26)32-13-16-10-8-7-9-11-16/h7-11,17-18,25H,12-15H2,1-6H3. The number of nitrogens with zero attached hydrogens (tertiary/aromatic N) is 1.